The number of rotatable bonds is 17. The molecule has 0 bridgehead atoms. The second-order valence-corrected chi connectivity index (χ2v) is 25.4. The minimum atomic E-state index is -2.83. The summed E-state index contributed by atoms with van der Waals surface area (Å²) in [5.74, 6) is 2.31. The summed E-state index contributed by atoms with van der Waals surface area (Å²) in [6.07, 6.45) is 11.8. The van der Waals surface area contributed by atoms with E-state index in [2.05, 4.69) is 69.9 Å². The van der Waals surface area contributed by atoms with E-state index in [9.17, 15) is 4.79 Å². The van der Waals surface area contributed by atoms with Crippen LogP contribution < -0.4 is 9.47 Å². The van der Waals surface area contributed by atoms with Crippen LogP contribution in [0.2, 0.25) is 13.3 Å². The molecule has 1 fully saturated rings. The molecule has 3 rings (SSSR count). The molecule has 0 radical (unpaired) electrons. The van der Waals surface area contributed by atoms with Gasteiger partial charge in [-0.1, -0.05) is 0 Å². The van der Waals surface area contributed by atoms with E-state index in [0.717, 1.165) is 23.5 Å². The number of nitrogens with zero attached hydrogens (tertiary/aromatic N) is 1. The molecular formula is C36H55NO3Sn. The van der Waals surface area contributed by atoms with E-state index in [0.29, 0.717) is 18.9 Å². The van der Waals surface area contributed by atoms with Gasteiger partial charge in [0.2, 0.25) is 0 Å². The summed E-state index contributed by atoms with van der Waals surface area (Å²) in [4.78, 5) is 15.5. The Kier molecular flexibility index (Phi) is 13.6. The number of amides is 1. The molecule has 1 atom stereocenters. The molecule has 0 unspecified atom stereocenters. The number of likely N-dealkylation sites (tertiary alicyclic amines) is 1. The minimum absolute atomic E-state index is 0.120. The number of unbranched alkanes of at least 4 members (excludes halogenated alkanes) is 3. The first-order valence-electron chi connectivity index (χ1n) is 16.1. The van der Waals surface area contributed by atoms with E-state index in [1.807, 2.05) is 18.2 Å². The van der Waals surface area contributed by atoms with E-state index >= 15 is 0 Å². The molecule has 0 N–H and O–H groups in total. The van der Waals surface area contributed by atoms with Crippen molar-refractivity contribution in [2.24, 2.45) is 0 Å². The molecule has 0 aromatic heterocycles. The summed E-state index contributed by atoms with van der Waals surface area (Å²) in [6.45, 7) is 12.1. The first-order chi connectivity index (χ1) is 19.8. The molecule has 4 nitrogen and oxygen atoms in total. The van der Waals surface area contributed by atoms with Crippen molar-refractivity contribution >= 4 is 27.9 Å². The zero-order valence-corrected chi connectivity index (χ0v) is 29.8. The summed E-state index contributed by atoms with van der Waals surface area (Å²) >= 11 is -2.83. The van der Waals surface area contributed by atoms with Crippen molar-refractivity contribution in [3.63, 3.8) is 0 Å². The summed E-state index contributed by atoms with van der Waals surface area (Å²) in [5, 5.41) is 0. The molecule has 0 saturated carbocycles. The van der Waals surface area contributed by atoms with Gasteiger partial charge < -0.3 is 0 Å². The second kappa shape index (κ2) is 16.6. The molecule has 226 valence electrons. The zero-order chi connectivity index (χ0) is 29.8. The topological polar surface area (TPSA) is 38.8 Å². The van der Waals surface area contributed by atoms with E-state index in [-0.39, 0.29) is 11.9 Å². The standard InChI is InChI=1S/C24H28NO3.3C4H9.Sn/c1-17(2)19-8-5-18(6-9-19)7-11-21-12-14-24(26)25(21)16-20-10-13-22(27-3)15-23(20)28-4;3*1-3-4-2;/h5-6,8-11,13,15,17,21H,12,14,16H2,1-4H3;3*1,3-4H2,2H3;/t21-;;;;/m0..../s1. The third kappa shape index (κ3) is 8.78. The summed E-state index contributed by atoms with van der Waals surface area (Å²) < 4.78 is 17.0. The van der Waals surface area contributed by atoms with Gasteiger partial charge in [0.15, 0.2) is 0 Å². The molecule has 0 spiro atoms. The number of ether oxygens (including phenoxy) is 2. The normalized spacial score (nSPS) is 16.1. The SMILES string of the molecule is CCC[CH2][Sn]([CH2]CCC)([CH2]CCC)/[C](=C/[C@H]1CCC(=O)N1Cc1ccc(OC)cc1OC)c1ccc(C(C)C)cc1. The third-order valence-corrected chi connectivity index (χ3v) is 24.8. The van der Waals surface area contributed by atoms with Gasteiger partial charge in [0, 0.05) is 0 Å². The molecular weight excluding hydrogens is 613 g/mol. The van der Waals surface area contributed by atoms with E-state index in [1.54, 1.807) is 17.8 Å². The first-order valence-corrected chi connectivity index (χ1v) is 23.6. The molecule has 1 saturated heterocycles. The van der Waals surface area contributed by atoms with Crippen LogP contribution in [0.4, 0.5) is 0 Å². The van der Waals surface area contributed by atoms with Crippen LogP contribution in [-0.4, -0.2) is 49.4 Å². The van der Waals surface area contributed by atoms with Crippen LogP contribution in [0, 0.1) is 0 Å². The van der Waals surface area contributed by atoms with Gasteiger partial charge in [-0.3, -0.25) is 0 Å². The average molecular weight is 669 g/mol. The summed E-state index contributed by atoms with van der Waals surface area (Å²) in [6, 6.07) is 15.6. The molecule has 1 aliphatic rings. The van der Waals surface area contributed by atoms with E-state index in [4.69, 9.17) is 9.47 Å². The van der Waals surface area contributed by atoms with Gasteiger partial charge >= 0.3 is 256 Å². The van der Waals surface area contributed by atoms with Crippen molar-refractivity contribution in [2.45, 2.75) is 118 Å². The molecule has 41 heavy (non-hydrogen) atoms. The Morgan fingerprint density at radius 3 is 2.05 bits per heavy atom. The zero-order valence-electron chi connectivity index (χ0n) is 26.9. The van der Waals surface area contributed by atoms with Crippen LogP contribution in [0.25, 0.3) is 3.59 Å². The Labute approximate surface area is 254 Å². The van der Waals surface area contributed by atoms with E-state index in [1.165, 1.54) is 63.0 Å². The van der Waals surface area contributed by atoms with Gasteiger partial charge in [-0.05, 0) is 0 Å². The number of benzene rings is 2. The quantitative estimate of drug-likeness (QED) is 0.158. The molecule has 1 amide bonds. The van der Waals surface area contributed by atoms with Crippen molar-refractivity contribution in [1.29, 1.82) is 0 Å². The Hall–Kier alpha value is -1.95. The van der Waals surface area contributed by atoms with Crippen molar-refractivity contribution < 1.29 is 14.3 Å². The van der Waals surface area contributed by atoms with Crippen LogP contribution >= 0.6 is 0 Å². The van der Waals surface area contributed by atoms with Gasteiger partial charge in [0.1, 0.15) is 0 Å². The van der Waals surface area contributed by atoms with Crippen LogP contribution in [0.5, 0.6) is 11.5 Å². The van der Waals surface area contributed by atoms with E-state index < -0.39 is 18.4 Å². The van der Waals surface area contributed by atoms with Crippen molar-refractivity contribution in [3.8, 4) is 11.5 Å². The van der Waals surface area contributed by atoms with Crippen molar-refractivity contribution in [3.05, 3.63) is 65.2 Å². The van der Waals surface area contributed by atoms with Gasteiger partial charge in [-0.15, -0.1) is 0 Å². The molecule has 2 aromatic carbocycles. The number of hydrogen-bond donors (Lipinski definition) is 0. The first kappa shape index (κ1) is 33.5. The predicted octanol–water partition coefficient (Wildman–Crippen LogP) is 9.79. The number of methoxy groups -OCH3 is 2. The maximum absolute atomic E-state index is 13.4. The van der Waals surface area contributed by atoms with Gasteiger partial charge in [0.25, 0.3) is 0 Å². The van der Waals surface area contributed by atoms with Gasteiger partial charge in [-0.25, -0.2) is 0 Å². The van der Waals surface area contributed by atoms with Crippen molar-refractivity contribution in [2.75, 3.05) is 14.2 Å². The predicted molar refractivity (Wildman–Crippen MR) is 177 cm³/mol. The third-order valence-electron chi connectivity index (χ3n) is 9.05. The molecule has 2 aromatic rings. The molecule has 1 aliphatic heterocycles. The molecule has 1 heterocycles. The van der Waals surface area contributed by atoms with Crippen LogP contribution in [0.3, 0.4) is 0 Å². The van der Waals surface area contributed by atoms with Crippen LogP contribution in [0.1, 0.15) is 109 Å². The Morgan fingerprint density at radius 1 is 0.927 bits per heavy atom. The van der Waals surface area contributed by atoms with Crippen LogP contribution in [0.15, 0.2) is 48.5 Å². The number of carbonyl (C=O) groups excluding carboxylic acids is 1. The summed E-state index contributed by atoms with van der Waals surface area (Å²) in [7, 11) is 3.36. The monoisotopic (exact) mass is 669 g/mol. The Bertz CT molecular complexity index is 1100. The fourth-order valence-corrected chi connectivity index (χ4v) is 23.5. The van der Waals surface area contributed by atoms with Crippen molar-refractivity contribution in [1.82, 2.24) is 4.90 Å². The number of hydrogen-bond acceptors (Lipinski definition) is 3. The second-order valence-electron chi connectivity index (χ2n) is 12.3. The van der Waals surface area contributed by atoms with Gasteiger partial charge in [0.05, 0.1) is 0 Å². The maximum atomic E-state index is 13.4. The Morgan fingerprint density at radius 2 is 1.54 bits per heavy atom. The fourth-order valence-electron chi connectivity index (χ4n) is 6.44. The Balaban J connectivity index is 2.12. The summed E-state index contributed by atoms with van der Waals surface area (Å²) in [5.41, 5.74) is 3.85. The van der Waals surface area contributed by atoms with Crippen LogP contribution in [-0.2, 0) is 11.3 Å². The fraction of sp³-hybridized carbons (Fsp3) is 0.583. The molecule has 5 heteroatoms. The number of carbonyl (C=O) groups is 1. The average Bonchev–Trinajstić information content (AvgIpc) is 3.34. The molecule has 0 aliphatic carbocycles. The van der Waals surface area contributed by atoms with Gasteiger partial charge in [-0.2, -0.15) is 0 Å².